The van der Waals surface area contributed by atoms with Gasteiger partial charge in [0.25, 0.3) is 5.95 Å². The lowest BCUT2D eigenvalue weighted by atomic mass is 9.85. The minimum absolute atomic E-state index is 0.0516. The third kappa shape index (κ3) is 3.62. The summed E-state index contributed by atoms with van der Waals surface area (Å²) in [6, 6.07) is 15.6. The Labute approximate surface area is 208 Å². The molecule has 2 aliphatic heterocycles. The largest absolute Gasteiger partial charge is 0.497 e. The zero-order valence-electron chi connectivity index (χ0n) is 20.1. The summed E-state index contributed by atoms with van der Waals surface area (Å²) in [5.74, 6) is 1.11. The summed E-state index contributed by atoms with van der Waals surface area (Å²) in [6.45, 7) is 0. The van der Waals surface area contributed by atoms with Crippen LogP contribution < -0.4 is 19.7 Å². The average Bonchev–Trinajstić information content (AvgIpc) is 3.46. The number of carbonyl (C=O) groups excluding carboxylic acids is 2. The lowest BCUT2D eigenvalue weighted by Gasteiger charge is -2.31. The molecule has 9 heteroatoms. The summed E-state index contributed by atoms with van der Waals surface area (Å²) < 4.78 is 12.4. The van der Waals surface area contributed by atoms with Gasteiger partial charge in [-0.15, -0.1) is 5.10 Å². The molecule has 3 aliphatic rings. The van der Waals surface area contributed by atoms with Gasteiger partial charge in [-0.1, -0.05) is 36.4 Å². The first-order chi connectivity index (χ1) is 17.6. The molecule has 184 valence electrons. The summed E-state index contributed by atoms with van der Waals surface area (Å²) in [6.07, 6.45) is 5.80. The first-order valence-corrected chi connectivity index (χ1v) is 12.1. The minimum Gasteiger partial charge on any atom is -0.497 e. The Morgan fingerprint density at radius 1 is 0.833 bits per heavy atom. The first-order valence-electron chi connectivity index (χ1n) is 12.1. The van der Waals surface area contributed by atoms with E-state index in [-0.39, 0.29) is 41.7 Å². The number of hydrogen-bond acceptors (Lipinski definition) is 7. The van der Waals surface area contributed by atoms with E-state index in [1.807, 2.05) is 60.7 Å². The van der Waals surface area contributed by atoms with Crippen LogP contribution in [0.5, 0.6) is 11.5 Å². The molecule has 0 bridgehead atoms. The van der Waals surface area contributed by atoms with Gasteiger partial charge in [0.1, 0.15) is 11.5 Å². The summed E-state index contributed by atoms with van der Waals surface area (Å²) in [5.41, 5.74) is 2.11. The lowest BCUT2D eigenvalue weighted by molar-refractivity contribution is -0.122. The Bertz CT molecular complexity index is 1310. The van der Waals surface area contributed by atoms with E-state index in [1.54, 1.807) is 18.9 Å². The van der Waals surface area contributed by atoms with Crippen LogP contribution in [0.2, 0.25) is 0 Å². The molecule has 1 N–H and O–H groups in total. The van der Waals surface area contributed by atoms with Crippen molar-refractivity contribution in [3.63, 3.8) is 0 Å². The number of nitrogens with one attached hydrogen (secondary N) is 1. The van der Waals surface area contributed by atoms with E-state index < -0.39 is 0 Å². The van der Waals surface area contributed by atoms with Gasteiger partial charge in [-0.25, -0.2) is 9.58 Å². The zero-order valence-corrected chi connectivity index (χ0v) is 20.1. The summed E-state index contributed by atoms with van der Waals surface area (Å²) in [5, 5.41) is 8.17. The standard InChI is InChI=1S/C27H27N5O4/c1-35-18-11-7-16(8-12-18)22-15-23(17-9-13-19(36-2)14-10-17)32-26(28-22)29-27(30-32)31-24(33)20-5-3-4-6-21(20)25(31)34/h3-4,7-14,20-23H,5-6,15H2,1-2H3,(H,28,29,30)/t20-,21-,22-,23-/m0/s1. The van der Waals surface area contributed by atoms with Crippen molar-refractivity contribution < 1.29 is 19.1 Å². The second-order valence-electron chi connectivity index (χ2n) is 9.34. The number of allylic oxidation sites excluding steroid dienone is 2. The third-order valence-corrected chi connectivity index (χ3v) is 7.40. The number of ether oxygens (including phenoxy) is 2. The van der Waals surface area contributed by atoms with Gasteiger partial charge >= 0.3 is 0 Å². The monoisotopic (exact) mass is 485 g/mol. The van der Waals surface area contributed by atoms with Gasteiger partial charge < -0.3 is 14.8 Å². The van der Waals surface area contributed by atoms with Gasteiger partial charge in [0.05, 0.1) is 38.1 Å². The van der Waals surface area contributed by atoms with E-state index in [9.17, 15) is 9.59 Å². The predicted octanol–water partition coefficient (Wildman–Crippen LogP) is 3.90. The van der Waals surface area contributed by atoms with Crippen LogP contribution in [0.15, 0.2) is 60.7 Å². The van der Waals surface area contributed by atoms with E-state index in [4.69, 9.17) is 14.6 Å². The lowest BCUT2D eigenvalue weighted by Crippen LogP contribution is -2.32. The highest BCUT2D eigenvalue weighted by Crippen LogP contribution is 2.41. The molecule has 0 unspecified atom stereocenters. The van der Waals surface area contributed by atoms with Gasteiger partial charge in [0.2, 0.25) is 17.8 Å². The Kier molecular flexibility index (Phi) is 5.47. The number of fused-ring (bicyclic) bond motifs is 2. The smallest absolute Gasteiger partial charge is 0.260 e. The molecule has 0 spiro atoms. The molecule has 9 nitrogen and oxygen atoms in total. The highest BCUT2D eigenvalue weighted by Gasteiger charge is 2.50. The molecule has 2 amide bonds. The second-order valence-corrected chi connectivity index (χ2v) is 9.34. The van der Waals surface area contributed by atoms with Crippen molar-refractivity contribution in [3.05, 3.63) is 71.8 Å². The van der Waals surface area contributed by atoms with Crippen molar-refractivity contribution in [2.75, 3.05) is 24.4 Å². The molecule has 0 radical (unpaired) electrons. The van der Waals surface area contributed by atoms with Crippen molar-refractivity contribution in [3.8, 4) is 11.5 Å². The predicted molar refractivity (Wildman–Crippen MR) is 133 cm³/mol. The Balaban J connectivity index is 1.38. The molecule has 3 aromatic rings. The molecule has 1 saturated heterocycles. The van der Waals surface area contributed by atoms with Crippen LogP contribution in [0.3, 0.4) is 0 Å². The fourth-order valence-electron chi connectivity index (χ4n) is 5.42. The number of carbonyl (C=O) groups is 2. The molecule has 1 aliphatic carbocycles. The van der Waals surface area contributed by atoms with Crippen LogP contribution in [-0.4, -0.2) is 40.8 Å². The van der Waals surface area contributed by atoms with Crippen LogP contribution in [0.25, 0.3) is 0 Å². The van der Waals surface area contributed by atoms with Gasteiger partial charge in [-0.05, 0) is 54.7 Å². The van der Waals surface area contributed by atoms with Crippen molar-refractivity contribution in [2.24, 2.45) is 11.8 Å². The number of hydrogen-bond donors (Lipinski definition) is 1. The highest BCUT2D eigenvalue weighted by molar-refractivity contribution is 6.21. The van der Waals surface area contributed by atoms with Crippen molar-refractivity contribution in [2.45, 2.75) is 31.3 Å². The molecular formula is C27H27N5O4. The quantitative estimate of drug-likeness (QED) is 0.432. The van der Waals surface area contributed by atoms with Crippen molar-refractivity contribution >= 4 is 23.7 Å². The number of anilines is 2. The Morgan fingerprint density at radius 2 is 1.39 bits per heavy atom. The van der Waals surface area contributed by atoms with E-state index in [0.717, 1.165) is 22.6 Å². The molecule has 1 aromatic heterocycles. The SMILES string of the molecule is COc1ccc([C@@H]2C[C@@H](c3ccc(OC)cc3)n3nc(N4C(=O)[C@H]5CC=CC[C@@H]5C4=O)nc3N2)cc1. The number of methoxy groups -OCH3 is 2. The molecule has 0 saturated carbocycles. The molecule has 36 heavy (non-hydrogen) atoms. The summed E-state index contributed by atoms with van der Waals surface area (Å²) >= 11 is 0. The highest BCUT2D eigenvalue weighted by atomic mass is 16.5. The van der Waals surface area contributed by atoms with Gasteiger partial charge in [-0.3, -0.25) is 9.59 Å². The van der Waals surface area contributed by atoms with Crippen LogP contribution in [-0.2, 0) is 9.59 Å². The average molecular weight is 486 g/mol. The van der Waals surface area contributed by atoms with Crippen LogP contribution in [0.4, 0.5) is 11.9 Å². The normalized spacial score (nSPS) is 24.8. The summed E-state index contributed by atoms with van der Waals surface area (Å²) in [4.78, 5) is 32.2. The van der Waals surface area contributed by atoms with E-state index in [1.165, 1.54) is 4.90 Å². The molecule has 1 fully saturated rings. The third-order valence-electron chi connectivity index (χ3n) is 7.40. The maximum Gasteiger partial charge on any atom is 0.260 e. The van der Waals surface area contributed by atoms with E-state index in [0.29, 0.717) is 25.2 Å². The topological polar surface area (TPSA) is 98.6 Å². The number of benzene rings is 2. The molecule has 6 rings (SSSR count). The van der Waals surface area contributed by atoms with Crippen molar-refractivity contribution in [1.82, 2.24) is 14.8 Å². The number of aromatic nitrogens is 3. The number of nitrogens with zero attached hydrogens (tertiary/aromatic N) is 4. The van der Waals surface area contributed by atoms with Crippen molar-refractivity contribution in [1.29, 1.82) is 0 Å². The van der Waals surface area contributed by atoms with Crippen LogP contribution in [0.1, 0.15) is 42.5 Å². The Hall–Kier alpha value is -4.14. The zero-order chi connectivity index (χ0) is 24.8. The van der Waals surface area contributed by atoms with Gasteiger partial charge in [0, 0.05) is 0 Å². The van der Waals surface area contributed by atoms with Gasteiger partial charge in [-0.2, -0.15) is 4.98 Å². The van der Waals surface area contributed by atoms with Crippen LogP contribution >= 0.6 is 0 Å². The maximum atomic E-state index is 13.2. The first kappa shape index (κ1) is 22.3. The molecule has 3 heterocycles. The number of amides is 2. The Morgan fingerprint density at radius 3 is 1.94 bits per heavy atom. The van der Waals surface area contributed by atoms with E-state index >= 15 is 0 Å². The molecule has 2 aromatic carbocycles. The second kappa shape index (κ2) is 8.82. The maximum absolute atomic E-state index is 13.2. The van der Waals surface area contributed by atoms with E-state index in [2.05, 4.69) is 10.3 Å². The fraction of sp³-hybridized carbons (Fsp3) is 0.333. The molecule has 4 atom stereocenters. The molecular weight excluding hydrogens is 458 g/mol. The fourth-order valence-corrected chi connectivity index (χ4v) is 5.42. The minimum atomic E-state index is -0.333. The number of rotatable bonds is 5. The van der Waals surface area contributed by atoms with Gasteiger partial charge in [0.15, 0.2) is 0 Å². The van der Waals surface area contributed by atoms with Crippen LogP contribution in [0, 0.1) is 11.8 Å². The summed E-state index contributed by atoms with van der Waals surface area (Å²) in [7, 11) is 3.28. The number of imide groups is 1.